The molecule has 1 aromatic carbocycles. The molecule has 2 unspecified atom stereocenters. The summed E-state index contributed by atoms with van der Waals surface area (Å²) >= 11 is 7.92. The summed E-state index contributed by atoms with van der Waals surface area (Å²) in [5, 5.41) is 12.5. The number of methoxy groups -OCH3 is 1. The number of benzene rings is 1. The Labute approximate surface area is 140 Å². The summed E-state index contributed by atoms with van der Waals surface area (Å²) in [6.45, 7) is 0.253. The lowest BCUT2D eigenvalue weighted by Crippen LogP contribution is -2.43. The van der Waals surface area contributed by atoms with Crippen molar-refractivity contribution in [2.45, 2.75) is 18.6 Å². The second kappa shape index (κ2) is 6.80. The first kappa shape index (κ1) is 16.3. The van der Waals surface area contributed by atoms with Crippen LogP contribution in [0.3, 0.4) is 0 Å². The standard InChI is InChI=1S/C13H14ClIN2O4/c1-21-8-5-11(12(18)19)17(6-8)13(20)16-10-3-2-7(14)4-9(10)15/h2-4,8,11H,5-6H2,1H3,(H,16,20)(H,18,19). The Morgan fingerprint density at radius 1 is 1.52 bits per heavy atom. The molecule has 1 aliphatic rings. The Hall–Kier alpha value is -1.06. The summed E-state index contributed by atoms with van der Waals surface area (Å²) < 4.78 is 5.94. The third-order valence-electron chi connectivity index (χ3n) is 3.31. The first-order chi connectivity index (χ1) is 9.92. The van der Waals surface area contributed by atoms with Gasteiger partial charge in [-0.05, 0) is 40.8 Å². The topological polar surface area (TPSA) is 78.9 Å². The quantitative estimate of drug-likeness (QED) is 0.731. The van der Waals surface area contributed by atoms with Gasteiger partial charge in [-0.25, -0.2) is 9.59 Å². The van der Waals surface area contributed by atoms with Crippen molar-refractivity contribution >= 4 is 51.9 Å². The molecule has 2 rings (SSSR count). The van der Waals surface area contributed by atoms with Crippen LogP contribution in [-0.2, 0) is 9.53 Å². The van der Waals surface area contributed by atoms with Gasteiger partial charge >= 0.3 is 12.0 Å². The molecule has 6 nitrogen and oxygen atoms in total. The Balaban J connectivity index is 2.13. The molecule has 0 aliphatic carbocycles. The number of halogens is 2. The number of amides is 2. The van der Waals surface area contributed by atoms with Crippen LogP contribution in [0.15, 0.2) is 18.2 Å². The molecule has 1 aromatic rings. The summed E-state index contributed by atoms with van der Waals surface area (Å²) in [7, 11) is 1.51. The van der Waals surface area contributed by atoms with Crippen molar-refractivity contribution in [3.8, 4) is 0 Å². The van der Waals surface area contributed by atoms with Crippen molar-refractivity contribution in [3.05, 3.63) is 26.8 Å². The largest absolute Gasteiger partial charge is 0.480 e. The molecule has 114 valence electrons. The number of likely N-dealkylation sites (tertiary alicyclic amines) is 1. The zero-order valence-electron chi connectivity index (χ0n) is 11.2. The van der Waals surface area contributed by atoms with Crippen LogP contribution in [0, 0.1) is 3.57 Å². The normalized spacial score (nSPS) is 21.4. The molecule has 0 spiro atoms. The molecule has 1 fully saturated rings. The maximum atomic E-state index is 12.3. The fourth-order valence-corrected chi connectivity index (χ4v) is 3.21. The molecule has 1 saturated heterocycles. The van der Waals surface area contributed by atoms with Crippen molar-refractivity contribution < 1.29 is 19.4 Å². The van der Waals surface area contributed by atoms with Gasteiger partial charge in [-0.1, -0.05) is 11.6 Å². The highest BCUT2D eigenvalue weighted by Gasteiger charge is 2.40. The van der Waals surface area contributed by atoms with E-state index in [1.54, 1.807) is 18.2 Å². The number of aliphatic carboxylic acids is 1. The minimum absolute atomic E-state index is 0.253. The van der Waals surface area contributed by atoms with E-state index >= 15 is 0 Å². The van der Waals surface area contributed by atoms with Crippen LogP contribution in [0.1, 0.15) is 6.42 Å². The van der Waals surface area contributed by atoms with Crippen LogP contribution >= 0.6 is 34.2 Å². The third-order valence-corrected chi connectivity index (χ3v) is 4.44. The number of nitrogens with zero attached hydrogens (tertiary/aromatic N) is 1. The van der Waals surface area contributed by atoms with Gasteiger partial charge in [0.2, 0.25) is 0 Å². The summed E-state index contributed by atoms with van der Waals surface area (Å²) in [5.41, 5.74) is 0.593. The van der Waals surface area contributed by atoms with E-state index in [-0.39, 0.29) is 19.1 Å². The lowest BCUT2D eigenvalue weighted by molar-refractivity contribution is -0.141. The van der Waals surface area contributed by atoms with E-state index in [0.29, 0.717) is 10.7 Å². The van der Waals surface area contributed by atoms with Gasteiger partial charge in [-0.3, -0.25) is 0 Å². The molecule has 1 heterocycles. The molecule has 8 heteroatoms. The van der Waals surface area contributed by atoms with Crippen LogP contribution in [0.4, 0.5) is 10.5 Å². The molecule has 2 N–H and O–H groups in total. The first-order valence-corrected chi connectivity index (χ1v) is 7.66. The zero-order valence-corrected chi connectivity index (χ0v) is 14.1. The Bertz CT molecular complexity index is 569. The number of hydrogen-bond donors (Lipinski definition) is 2. The number of ether oxygens (including phenoxy) is 1. The molecular formula is C13H14ClIN2O4. The van der Waals surface area contributed by atoms with Crippen LogP contribution in [0.2, 0.25) is 5.02 Å². The van der Waals surface area contributed by atoms with Gasteiger partial charge in [0.15, 0.2) is 0 Å². The highest BCUT2D eigenvalue weighted by atomic mass is 127. The van der Waals surface area contributed by atoms with Gasteiger partial charge in [0.25, 0.3) is 0 Å². The summed E-state index contributed by atoms with van der Waals surface area (Å²) in [6, 6.07) is 3.73. The van der Waals surface area contributed by atoms with E-state index in [9.17, 15) is 14.7 Å². The van der Waals surface area contributed by atoms with Crippen molar-refractivity contribution in [1.29, 1.82) is 0 Å². The fourth-order valence-electron chi connectivity index (χ4n) is 2.20. The van der Waals surface area contributed by atoms with E-state index in [1.807, 2.05) is 0 Å². The molecule has 0 saturated carbocycles. The zero-order chi connectivity index (χ0) is 15.6. The molecular weight excluding hydrogens is 411 g/mol. The maximum absolute atomic E-state index is 12.3. The number of carbonyl (C=O) groups is 2. The van der Waals surface area contributed by atoms with Gasteiger partial charge in [0.1, 0.15) is 6.04 Å². The Kier molecular flexibility index (Phi) is 5.28. The van der Waals surface area contributed by atoms with Gasteiger partial charge in [0.05, 0.1) is 11.8 Å². The Morgan fingerprint density at radius 3 is 2.81 bits per heavy atom. The van der Waals surface area contributed by atoms with E-state index < -0.39 is 18.0 Å². The van der Waals surface area contributed by atoms with Crippen LogP contribution < -0.4 is 5.32 Å². The lowest BCUT2D eigenvalue weighted by Gasteiger charge is -2.22. The number of carboxylic acid groups (broad SMARTS) is 1. The molecule has 0 aromatic heterocycles. The fraction of sp³-hybridized carbons (Fsp3) is 0.385. The van der Waals surface area contributed by atoms with Crippen molar-refractivity contribution in [1.82, 2.24) is 4.90 Å². The van der Waals surface area contributed by atoms with Crippen LogP contribution in [0.5, 0.6) is 0 Å². The number of nitrogens with one attached hydrogen (secondary N) is 1. The number of carbonyl (C=O) groups excluding carboxylic acids is 1. The molecule has 0 radical (unpaired) electrons. The number of rotatable bonds is 3. The van der Waals surface area contributed by atoms with Gasteiger partial charge in [-0.15, -0.1) is 0 Å². The maximum Gasteiger partial charge on any atom is 0.326 e. The second-order valence-corrected chi connectivity index (χ2v) is 6.25. The highest BCUT2D eigenvalue weighted by molar-refractivity contribution is 14.1. The smallest absolute Gasteiger partial charge is 0.326 e. The third kappa shape index (κ3) is 3.78. The summed E-state index contributed by atoms with van der Waals surface area (Å²) in [5.74, 6) is -1.03. The molecule has 0 bridgehead atoms. The van der Waals surface area contributed by atoms with Gasteiger partial charge in [-0.2, -0.15) is 0 Å². The number of hydrogen-bond acceptors (Lipinski definition) is 3. The van der Waals surface area contributed by atoms with Crippen LogP contribution in [-0.4, -0.2) is 47.8 Å². The predicted octanol–water partition coefficient (Wildman–Crippen LogP) is 2.65. The minimum atomic E-state index is -1.03. The van der Waals surface area contributed by atoms with E-state index in [1.165, 1.54) is 12.0 Å². The molecule has 1 aliphatic heterocycles. The SMILES string of the molecule is COC1CC(C(=O)O)N(C(=O)Nc2ccc(Cl)cc2I)C1. The van der Waals surface area contributed by atoms with E-state index in [2.05, 4.69) is 27.9 Å². The minimum Gasteiger partial charge on any atom is -0.480 e. The number of carboxylic acids is 1. The first-order valence-electron chi connectivity index (χ1n) is 6.20. The predicted molar refractivity (Wildman–Crippen MR) is 86.7 cm³/mol. The van der Waals surface area contributed by atoms with Gasteiger partial charge in [0, 0.05) is 28.7 Å². The number of anilines is 1. The highest BCUT2D eigenvalue weighted by Crippen LogP contribution is 2.25. The van der Waals surface area contributed by atoms with Crippen molar-refractivity contribution in [3.63, 3.8) is 0 Å². The second-order valence-electron chi connectivity index (χ2n) is 4.65. The van der Waals surface area contributed by atoms with E-state index in [0.717, 1.165) is 3.57 Å². The summed E-state index contributed by atoms with van der Waals surface area (Å²) in [6.07, 6.45) is 0.0258. The average molecular weight is 425 g/mol. The van der Waals surface area contributed by atoms with Crippen molar-refractivity contribution in [2.75, 3.05) is 19.0 Å². The lowest BCUT2D eigenvalue weighted by atomic mass is 10.2. The van der Waals surface area contributed by atoms with Crippen LogP contribution in [0.25, 0.3) is 0 Å². The molecule has 2 atom stereocenters. The molecule has 2 amide bonds. The van der Waals surface area contributed by atoms with Crippen molar-refractivity contribution in [2.24, 2.45) is 0 Å². The summed E-state index contributed by atoms with van der Waals surface area (Å²) in [4.78, 5) is 24.8. The molecule has 21 heavy (non-hydrogen) atoms. The van der Waals surface area contributed by atoms with Gasteiger partial charge < -0.3 is 20.1 Å². The van der Waals surface area contributed by atoms with E-state index in [4.69, 9.17) is 16.3 Å². The monoisotopic (exact) mass is 424 g/mol. The average Bonchev–Trinajstić information content (AvgIpc) is 2.86. The Morgan fingerprint density at radius 2 is 2.24 bits per heavy atom. The number of urea groups is 1.